The lowest BCUT2D eigenvalue weighted by atomic mass is 10.1. The highest BCUT2D eigenvalue weighted by atomic mass is 32.2. The minimum atomic E-state index is -3.75. The Balaban J connectivity index is 2.27. The van der Waals surface area contributed by atoms with Crippen molar-refractivity contribution in [2.45, 2.75) is 24.9 Å². The maximum Gasteiger partial charge on any atom is 0.241 e. The molecule has 6 nitrogen and oxygen atoms in total. The number of aryl methyl sites for hydroxylation is 1. The zero-order valence-electron chi connectivity index (χ0n) is 11.7. The van der Waals surface area contributed by atoms with Gasteiger partial charge in [0.1, 0.15) is 5.82 Å². The van der Waals surface area contributed by atoms with Crippen molar-refractivity contribution in [2.24, 2.45) is 0 Å². The maximum atomic E-state index is 13.9. The van der Waals surface area contributed by atoms with Gasteiger partial charge in [0, 0.05) is 18.2 Å². The highest BCUT2D eigenvalue weighted by Crippen LogP contribution is 2.19. The van der Waals surface area contributed by atoms with Gasteiger partial charge < -0.3 is 9.84 Å². The summed E-state index contributed by atoms with van der Waals surface area (Å²) >= 11 is 0. The number of benzene rings is 1. The lowest BCUT2D eigenvalue weighted by molar-refractivity contribution is 0.380. The average molecular weight is 313 g/mol. The molecule has 0 spiro atoms. The van der Waals surface area contributed by atoms with E-state index >= 15 is 0 Å². The summed E-state index contributed by atoms with van der Waals surface area (Å²) in [6, 6.07) is 4.18. The molecule has 2 rings (SSSR count). The Labute approximate surface area is 122 Å². The Morgan fingerprint density at radius 2 is 2.10 bits per heavy atom. The van der Waals surface area contributed by atoms with Crippen LogP contribution >= 0.6 is 0 Å². The van der Waals surface area contributed by atoms with Crippen LogP contribution in [0.5, 0.6) is 0 Å². The summed E-state index contributed by atoms with van der Waals surface area (Å²) in [6.07, 6.45) is 1.43. The van der Waals surface area contributed by atoms with Gasteiger partial charge in [0.2, 0.25) is 10.0 Å². The molecule has 0 radical (unpaired) electrons. The fourth-order valence-corrected chi connectivity index (χ4v) is 2.99. The third kappa shape index (κ3) is 3.66. The van der Waals surface area contributed by atoms with Gasteiger partial charge in [0.25, 0.3) is 0 Å². The molecule has 2 N–H and O–H groups in total. The molecule has 0 bridgehead atoms. The Bertz CT molecular complexity index is 715. The SMILES string of the molecule is CNCc1cc(S(=O)(=O)NCc2ccno2)cc(C)c1F. The number of rotatable bonds is 6. The van der Waals surface area contributed by atoms with Gasteiger partial charge in [-0.3, -0.25) is 0 Å². The summed E-state index contributed by atoms with van der Waals surface area (Å²) < 4.78 is 45.6. The van der Waals surface area contributed by atoms with E-state index in [4.69, 9.17) is 4.52 Å². The number of halogens is 1. The Morgan fingerprint density at radius 3 is 2.71 bits per heavy atom. The van der Waals surface area contributed by atoms with E-state index in [0.29, 0.717) is 11.3 Å². The summed E-state index contributed by atoms with van der Waals surface area (Å²) in [5, 5.41) is 6.30. The first kappa shape index (κ1) is 15.6. The molecule has 0 amide bonds. The molecule has 0 atom stereocenters. The largest absolute Gasteiger partial charge is 0.360 e. The van der Waals surface area contributed by atoms with Gasteiger partial charge in [-0.15, -0.1) is 0 Å². The van der Waals surface area contributed by atoms with Crippen LogP contribution in [0.3, 0.4) is 0 Å². The van der Waals surface area contributed by atoms with Crippen LogP contribution in [0.15, 0.2) is 33.8 Å². The molecule has 0 aliphatic carbocycles. The maximum absolute atomic E-state index is 13.9. The zero-order chi connectivity index (χ0) is 15.5. The Kier molecular flexibility index (Phi) is 4.71. The smallest absolute Gasteiger partial charge is 0.241 e. The lowest BCUT2D eigenvalue weighted by Gasteiger charge is -2.10. The first-order valence-corrected chi connectivity index (χ1v) is 7.75. The van der Waals surface area contributed by atoms with Gasteiger partial charge >= 0.3 is 0 Å². The predicted molar refractivity (Wildman–Crippen MR) is 74.4 cm³/mol. The first-order valence-electron chi connectivity index (χ1n) is 6.27. The van der Waals surface area contributed by atoms with Gasteiger partial charge in [0.15, 0.2) is 5.76 Å². The van der Waals surface area contributed by atoms with E-state index in [1.807, 2.05) is 0 Å². The third-order valence-corrected chi connectivity index (χ3v) is 4.29. The van der Waals surface area contributed by atoms with Crippen molar-refractivity contribution in [1.29, 1.82) is 0 Å². The van der Waals surface area contributed by atoms with E-state index in [0.717, 1.165) is 0 Å². The van der Waals surface area contributed by atoms with Crippen molar-refractivity contribution < 1.29 is 17.3 Å². The second-order valence-electron chi connectivity index (χ2n) is 4.55. The van der Waals surface area contributed by atoms with Crippen molar-refractivity contribution in [3.63, 3.8) is 0 Å². The number of nitrogens with zero attached hydrogens (tertiary/aromatic N) is 1. The Hall–Kier alpha value is -1.77. The van der Waals surface area contributed by atoms with Crippen LogP contribution in [0.1, 0.15) is 16.9 Å². The first-order chi connectivity index (χ1) is 9.94. The van der Waals surface area contributed by atoms with E-state index in [1.54, 1.807) is 13.1 Å². The molecular formula is C13H16FN3O3S. The van der Waals surface area contributed by atoms with Crippen LogP contribution < -0.4 is 10.0 Å². The Morgan fingerprint density at radius 1 is 1.33 bits per heavy atom. The van der Waals surface area contributed by atoms with Crippen molar-refractivity contribution in [2.75, 3.05) is 7.05 Å². The molecule has 0 aliphatic heterocycles. The van der Waals surface area contributed by atoms with Crippen LogP contribution in [0.4, 0.5) is 4.39 Å². The van der Waals surface area contributed by atoms with Crippen LogP contribution in [-0.2, 0) is 23.1 Å². The lowest BCUT2D eigenvalue weighted by Crippen LogP contribution is -2.23. The molecule has 0 unspecified atom stereocenters. The van der Waals surface area contributed by atoms with Gasteiger partial charge in [-0.05, 0) is 31.7 Å². The van der Waals surface area contributed by atoms with Crippen LogP contribution in [0.2, 0.25) is 0 Å². The topological polar surface area (TPSA) is 84.2 Å². The van der Waals surface area contributed by atoms with E-state index in [-0.39, 0.29) is 23.5 Å². The van der Waals surface area contributed by atoms with Crippen molar-refractivity contribution >= 4 is 10.0 Å². The average Bonchev–Trinajstić information content (AvgIpc) is 2.95. The molecular weight excluding hydrogens is 297 g/mol. The molecule has 2 aromatic rings. The summed E-state index contributed by atoms with van der Waals surface area (Å²) in [7, 11) is -2.08. The predicted octanol–water partition coefficient (Wildman–Crippen LogP) is 1.32. The molecule has 1 aromatic carbocycles. The number of aromatic nitrogens is 1. The van der Waals surface area contributed by atoms with Gasteiger partial charge in [-0.2, -0.15) is 0 Å². The number of sulfonamides is 1. The molecule has 1 heterocycles. The summed E-state index contributed by atoms with van der Waals surface area (Å²) in [5.74, 6) is -0.00797. The van der Waals surface area contributed by atoms with E-state index in [1.165, 1.54) is 25.3 Å². The molecule has 0 saturated heterocycles. The molecule has 1 aromatic heterocycles. The monoisotopic (exact) mass is 313 g/mol. The molecule has 8 heteroatoms. The fraction of sp³-hybridized carbons (Fsp3) is 0.308. The van der Waals surface area contributed by atoms with Crippen LogP contribution in [0.25, 0.3) is 0 Å². The second-order valence-corrected chi connectivity index (χ2v) is 6.31. The molecule has 0 saturated carbocycles. The summed E-state index contributed by atoms with van der Waals surface area (Å²) in [5.41, 5.74) is 0.584. The van der Waals surface area contributed by atoms with Gasteiger partial charge in [0.05, 0.1) is 17.6 Å². The van der Waals surface area contributed by atoms with Crippen LogP contribution in [-0.4, -0.2) is 20.6 Å². The van der Waals surface area contributed by atoms with E-state index in [2.05, 4.69) is 15.2 Å². The normalized spacial score (nSPS) is 11.8. The van der Waals surface area contributed by atoms with E-state index in [9.17, 15) is 12.8 Å². The van der Waals surface area contributed by atoms with Crippen molar-refractivity contribution in [3.05, 3.63) is 47.1 Å². The van der Waals surface area contributed by atoms with Crippen molar-refractivity contribution in [3.8, 4) is 0 Å². The third-order valence-electron chi connectivity index (χ3n) is 2.91. The molecule has 21 heavy (non-hydrogen) atoms. The molecule has 114 valence electrons. The highest BCUT2D eigenvalue weighted by molar-refractivity contribution is 7.89. The number of nitrogens with one attached hydrogen (secondary N) is 2. The summed E-state index contributed by atoms with van der Waals surface area (Å²) in [6.45, 7) is 1.77. The summed E-state index contributed by atoms with van der Waals surface area (Å²) in [4.78, 5) is 0.0196. The quantitative estimate of drug-likeness (QED) is 0.840. The molecule has 0 aliphatic rings. The fourth-order valence-electron chi connectivity index (χ4n) is 1.86. The number of hydrogen-bond donors (Lipinski definition) is 2. The standard InChI is InChI=1S/C13H16FN3O3S/c1-9-5-12(6-10(7-15-2)13(9)14)21(18,19)17-8-11-3-4-16-20-11/h3-6,15,17H,7-8H2,1-2H3. The van der Waals surface area contributed by atoms with E-state index < -0.39 is 15.8 Å². The number of hydrogen-bond acceptors (Lipinski definition) is 5. The van der Waals surface area contributed by atoms with Gasteiger partial charge in [-0.1, -0.05) is 5.16 Å². The zero-order valence-corrected chi connectivity index (χ0v) is 12.5. The van der Waals surface area contributed by atoms with Crippen molar-refractivity contribution in [1.82, 2.24) is 15.2 Å². The second kappa shape index (κ2) is 6.33. The molecule has 0 fully saturated rings. The van der Waals surface area contributed by atoms with Gasteiger partial charge in [-0.25, -0.2) is 17.5 Å². The minimum absolute atomic E-state index is 0.0138. The van der Waals surface area contributed by atoms with Crippen LogP contribution in [0, 0.1) is 12.7 Å². The minimum Gasteiger partial charge on any atom is -0.360 e. The highest BCUT2D eigenvalue weighted by Gasteiger charge is 2.18.